The van der Waals surface area contributed by atoms with Gasteiger partial charge in [-0.05, 0) is 48.2 Å². The van der Waals surface area contributed by atoms with Crippen molar-refractivity contribution in [3.63, 3.8) is 0 Å². The number of likely N-dealkylation sites (tertiary alicyclic amines) is 1. The summed E-state index contributed by atoms with van der Waals surface area (Å²) in [6.07, 6.45) is -6.89. The Morgan fingerprint density at radius 1 is 1.05 bits per heavy atom. The zero-order valence-electron chi connectivity index (χ0n) is 22.8. The van der Waals surface area contributed by atoms with Gasteiger partial charge in [-0.3, -0.25) is 9.88 Å². The van der Waals surface area contributed by atoms with Gasteiger partial charge in [-0.2, -0.15) is 26.3 Å². The maximum absolute atomic E-state index is 13.6. The van der Waals surface area contributed by atoms with Gasteiger partial charge in [-0.15, -0.1) is 0 Å². The number of piperidine rings is 1. The number of aliphatic hydroxyl groups is 2. The van der Waals surface area contributed by atoms with Gasteiger partial charge in [0.15, 0.2) is 11.2 Å². The molecule has 4 heterocycles. The maximum Gasteiger partial charge on any atom is 0.433 e. The average molecular weight is 630 g/mol. The zero-order chi connectivity index (χ0) is 31.4. The summed E-state index contributed by atoms with van der Waals surface area (Å²) in [5.41, 5.74) is -5.22. The second-order valence-corrected chi connectivity index (χ2v) is 10.9. The van der Waals surface area contributed by atoms with Crippen molar-refractivity contribution in [1.29, 1.82) is 0 Å². The molecule has 1 aliphatic rings. The van der Waals surface area contributed by atoms with E-state index < -0.39 is 42.1 Å². The number of aromatic nitrogens is 4. The molecule has 1 saturated heterocycles. The van der Waals surface area contributed by atoms with Crippen molar-refractivity contribution in [3.05, 3.63) is 82.2 Å². The monoisotopic (exact) mass is 629 g/mol. The number of methoxy groups -OCH3 is 1. The van der Waals surface area contributed by atoms with Crippen LogP contribution in [0.1, 0.15) is 40.9 Å². The highest BCUT2D eigenvalue weighted by Gasteiger charge is 2.54. The summed E-state index contributed by atoms with van der Waals surface area (Å²) in [4.78, 5) is 13.6. The summed E-state index contributed by atoms with van der Waals surface area (Å²) in [6.45, 7) is -0.0941. The Morgan fingerprint density at radius 3 is 2.30 bits per heavy atom. The molecule has 0 amide bonds. The van der Waals surface area contributed by atoms with Crippen LogP contribution in [0.15, 0.2) is 49.1 Å². The number of halogens is 7. The molecule has 43 heavy (non-hydrogen) atoms. The van der Waals surface area contributed by atoms with Gasteiger partial charge in [0.1, 0.15) is 5.69 Å². The molecule has 1 aliphatic heterocycles. The van der Waals surface area contributed by atoms with Gasteiger partial charge in [0.25, 0.3) is 0 Å². The van der Waals surface area contributed by atoms with E-state index in [4.69, 9.17) is 16.3 Å². The molecule has 8 nitrogen and oxygen atoms in total. The van der Waals surface area contributed by atoms with Gasteiger partial charge >= 0.3 is 12.4 Å². The van der Waals surface area contributed by atoms with Gasteiger partial charge < -0.3 is 19.5 Å². The van der Waals surface area contributed by atoms with Gasteiger partial charge in [-0.1, -0.05) is 17.7 Å². The van der Waals surface area contributed by atoms with E-state index in [1.165, 1.54) is 48.5 Å². The lowest BCUT2D eigenvalue weighted by Crippen LogP contribution is -2.53. The number of alkyl halides is 6. The predicted molar refractivity (Wildman–Crippen MR) is 143 cm³/mol. The van der Waals surface area contributed by atoms with Crippen molar-refractivity contribution in [3.8, 4) is 5.88 Å². The number of nitrogens with zero attached hydrogens (tertiary/aromatic N) is 5. The van der Waals surface area contributed by atoms with E-state index >= 15 is 0 Å². The zero-order valence-corrected chi connectivity index (χ0v) is 23.6. The van der Waals surface area contributed by atoms with Crippen molar-refractivity contribution < 1.29 is 41.3 Å². The highest BCUT2D eigenvalue weighted by Crippen LogP contribution is 2.43. The van der Waals surface area contributed by atoms with Crippen LogP contribution in [0.3, 0.4) is 0 Å². The number of fused-ring (bicyclic) bond motifs is 1. The Kier molecular flexibility index (Phi) is 7.86. The largest absolute Gasteiger partial charge is 0.481 e. The van der Waals surface area contributed by atoms with Crippen LogP contribution < -0.4 is 4.74 Å². The lowest BCUT2D eigenvalue weighted by Gasteiger charge is -2.39. The molecule has 0 spiro atoms. The van der Waals surface area contributed by atoms with Crippen LogP contribution in [0.25, 0.3) is 10.9 Å². The van der Waals surface area contributed by atoms with Gasteiger partial charge in [0.05, 0.1) is 35.9 Å². The quantitative estimate of drug-likeness (QED) is 0.283. The molecule has 1 fully saturated rings. The normalized spacial score (nSPS) is 17.7. The van der Waals surface area contributed by atoms with Crippen molar-refractivity contribution in [2.75, 3.05) is 20.2 Å². The van der Waals surface area contributed by atoms with Gasteiger partial charge in [-0.25, -0.2) is 9.97 Å². The van der Waals surface area contributed by atoms with E-state index in [1.54, 1.807) is 11.9 Å². The summed E-state index contributed by atoms with van der Waals surface area (Å²) in [5.74, 6) is 0.132. The van der Waals surface area contributed by atoms with Crippen molar-refractivity contribution in [1.82, 2.24) is 24.4 Å². The standard InChI is InChI=1S/C28H26ClF6N5O3/c1-39-15-36-13-22(39)26(42,17-5-8-37-21(12-17)27(30,31)32)16-3-4-20-18(11-16)23(29)19(24(38-20)43-2)14-40-9-6-25(41,7-10-40)28(33,34)35/h3-5,8,11-13,15,41-42H,6-7,9-10,14H2,1-2H3/t26-/m0/s1. The average Bonchev–Trinajstić information content (AvgIpc) is 3.40. The van der Waals surface area contributed by atoms with Crippen LogP contribution in [0.4, 0.5) is 26.3 Å². The highest BCUT2D eigenvalue weighted by molar-refractivity contribution is 6.36. The number of imidazole rings is 1. The highest BCUT2D eigenvalue weighted by atomic mass is 35.5. The Hall–Kier alpha value is -3.46. The van der Waals surface area contributed by atoms with Crippen LogP contribution in [-0.4, -0.2) is 66.6 Å². The number of benzene rings is 1. The third-order valence-electron chi connectivity index (χ3n) is 7.84. The summed E-state index contributed by atoms with van der Waals surface area (Å²) >= 11 is 6.85. The van der Waals surface area contributed by atoms with E-state index in [0.29, 0.717) is 16.5 Å². The van der Waals surface area contributed by atoms with Crippen molar-refractivity contribution >= 4 is 22.5 Å². The Morgan fingerprint density at radius 2 is 1.72 bits per heavy atom. The van der Waals surface area contributed by atoms with E-state index in [1.807, 2.05) is 0 Å². The molecule has 0 unspecified atom stereocenters. The van der Waals surface area contributed by atoms with Crippen LogP contribution >= 0.6 is 11.6 Å². The number of rotatable bonds is 6. The smallest absolute Gasteiger partial charge is 0.433 e. The molecular weight excluding hydrogens is 604 g/mol. The van der Waals surface area contributed by atoms with Crippen molar-refractivity contribution in [2.45, 2.75) is 42.9 Å². The van der Waals surface area contributed by atoms with E-state index in [2.05, 4.69) is 15.0 Å². The van der Waals surface area contributed by atoms with Crippen molar-refractivity contribution in [2.24, 2.45) is 7.05 Å². The molecule has 5 rings (SSSR count). The summed E-state index contributed by atoms with van der Waals surface area (Å²) in [7, 11) is 2.94. The number of hydrogen-bond acceptors (Lipinski definition) is 7. The first kappa shape index (κ1) is 31.0. The molecule has 0 bridgehead atoms. The fourth-order valence-corrected chi connectivity index (χ4v) is 5.63. The van der Waals surface area contributed by atoms with Crippen LogP contribution in [-0.2, 0) is 25.4 Å². The lowest BCUT2D eigenvalue weighted by atomic mass is 9.83. The second kappa shape index (κ2) is 10.9. The molecule has 4 aromatic rings. The first-order valence-corrected chi connectivity index (χ1v) is 13.4. The third kappa shape index (κ3) is 5.52. The maximum atomic E-state index is 13.6. The van der Waals surface area contributed by atoms with E-state index in [-0.39, 0.29) is 47.4 Å². The minimum Gasteiger partial charge on any atom is -0.481 e. The predicted octanol–water partition coefficient (Wildman–Crippen LogP) is 5.22. The molecule has 0 saturated carbocycles. The SMILES string of the molecule is COc1nc2ccc([C@](O)(c3ccnc(C(F)(F)F)c3)c3cncn3C)cc2c(Cl)c1CN1CCC(O)(C(F)(F)F)CC1. The van der Waals surface area contributed by atoms with E-state index in [0.717, 1.165) is 12.3 Å². The lowest BCUT2D eigenvalue weighted by molar-refractivity contribution is -0.272. The topological polar surface area (TPSA) is 96.5 Å². The Balaban J connectivity index is 1.60. The molecule has 0 aliphatic carbocycles. The second-order valence-electron chi connectivity index (χ2n) is 10.5. The first-order valence-electron chi connectivity index (χ1n) is 13.0. The number of pyridine rings is 2. The minimum absolute atomic E-state index is 0.0500. The molecule has 15 heteroatoms. The van der Waals surface area contributed by atoms with Gasteiger partial charge in [0, 0.05) is 43.8 Å². The minimum atomic E-state index is -4.77. The number of ether oxygens (including phenoxy) is 1. The molecule has 2 N–H and O–H groups in total. The fraction of sp³-hybridized carbons (Fsp3) is 0.393. The van der Waals surface area contributed by atoms with Crippen LogP contribution in [0.5, 0.6) is 5.88 Å². The molecule has 1 atom stereocenters. The molecule has 1 aromatic carbocycles. The van der Waals surface area contributed by atoms with Gasteiger partial charge in [0.2, 0.25) is 5.88 Å². The molecule has 3 aromatic heterocycles. The summed E-state index contributed by atoms with van der Waals surface area (Å²) in [5, 5.41) is 22.7. The molecule has 0 radical (unpaired) electrons. The summed E-state index contributed by atoms with van der Waals surface area (Å²) in [6, 6.07) is 6.54. The Labute approximate surface area is 246 Å². The van der Waals surface area contributed by atoms with Crippen LogP contribution in [0.2, 0.25) is 5.02 Å². The van der Waals surface area contributed by atoms with E-state index in [9.17, 15) is 36.6 Å². The Bertz CT molecular complexity index is 1650. The molecule has 230 valence electrons. The molecular formula is C28H26ClF6N5O3. The summed E-state index contributed by atoms with van der Waals surface area (Å²) < 4.78 is 87.5. The number of hydrogen-bond donors (Lipinski definition) is 2. The number of aryl methyl sites for hydroxylation is 1. The first-order chi connectivity index (χ1) is 20.1. The van der Waals surface area contributed by atoms with Crippen LogP contribution in [0, 0.1) is 0 Å². The fourth-order valence-electron chi connectivity index (χ4n) is 5.34. The third-order valence-corrected chi connectivity index (χ3v) is 8.27.